The molecular weight excluding hydrogens is 420 g/mol. The second-order valence-corrected chi connectivity index (χ2v) is 8.94. The monoisotopic (exact) mass is 440 g/mol. The van der Waals surface area contributed by atoms with Crippen LogP contribution in [0.4, 0.5) is 0 Å². The van der Waals surface area contributed by atoms with E-state index in [-0.39, 0.29) is 18.5 Å². The van der Waals surface area contributed by atoms with Gasteiger partial charge in [-0.1, -0.05) is 28.1 Å². The SMILES string of the molecule is C[C@H](NC(=O)/C=C/c1ccc(CN(C)S(C)(=O)=O)o1)c1ccc(Br)cc1. The molecule has 26 heavy (non-hydrogen) atoms. The Bertz CT molecular complexity index is 888. The van der Waals surface area contributed by atoms with Gasteiger partial charge in [0.1, 0.15) is 11.5 Å². The molecular formula is C18H21BrN2O4S. The van der Waals surface area contributed by atoms with Crippen LogP contribution in [0.25, 0.3) is 6.08 Å². The summed E-state index contributed by atoms with van der Waals surface area (Å²) in [5.41, 5.74) is 0.999. The molecule has 0 aliphatic heterocycles. The van der Waals surface area contributed by atoms with Crippen molar-refractivity contribution in [3.8, 4) is 0 Å². The van der Waals surface area contributed by atoms with Crippen molar-refractivity contribution >= 4 is 37.9 Å². The standard InChI is InChI=1S/C18H21BrN2O4S/c1-13(14-4-6-15(19)7-5-14)20-18(22)11-10-16-8-9-17(25-16)12-21(2)26(3,23)24/h4-11,13H,12H2,1-3H3,(H,20,22)/b11-10+/t13-/m0/s1. The highest BCUT2D eigenvalue weighted by molar-refractivity contribution is 9.10. The van der Waals surface area contributed by atoms with Crippen LogP contribution in [0.2, 0.25) is 0 Å². The minimum atomic E-state index is -3.27. The summed E-state index contributed by atoms with van der Waals surface area (Å²) in [6.07, 6.45) is 4.07. The normalized spacial score (nSPS) is 13.3. The van der Waals surface area contributed by atoms with Gasteiger partial charge < -0.3 is 9.73 Å². The van der Waals surface area contributed by atoms with Crippen molar-refractivity contribution in [1.29, 1.82) is 0 Å². The molecule has 1 N–H and O–H groups in total. The van der Waals surface area contributed by atoms with E-state index >= 15 is 0 Å². The van der Waals surface area contributed by atoms with E-state index < -0.39 is 10.0 Å². The van der Waals surface area contributed by atoms with Crippen molar-refractivity contribution in [3.05, 3.63) is 64.0 Å². The van der Waals surface area contributed by atoms with Gasteiger partial charge in [0.2, 0.25) is 15.9 Å². The van der Waals surface area contributed by atoms with Gasteiger partial charge in [-0.3, -0.25) is 4.79 Å². The highest BCUT2D eigenvalue weighted by Crippen LogP contribution is 2.17. The van der Waals surface area contributed by atoms with E-state index in [0.717, 1.165) is 16.3 Å². The molecule has 0 unspecified atom stereocenters. The highest BCUT2D eigenvalue weighted by atomic mass is 79.9. The molecule has 0 bridgehead atoms. The minimum Gasteiger partial charge on any atom is -0.460 e. The quantitative estimate of drug-likeness (QED) is 0.669. The molecule has 0 aliphatic carbocycles. The van der Waals surface area contributed by atoms with Crippen LogP contribution < -0.4 is 5.32 Å². The zero-order valence-corrected chi connectivity index (χ0v) is 17.2. The lowest BCUT2D eigenvalue weighted by molar-refractivity contribution is -0.117. The van der Waals surface area contributed by atoms with Crippen LogP contribution in [-0.4, -0.2) is 31.9 Å². The van der Waals surface area contributed by atoms with E-state index in [4.69, 9.17) is 4.42 Å². The Morgan fingerprint density at radius 1 is 1.27 bits per heavy atom. The molecule has 0 saturated heterocycles. The molecule has 0 radical (unpaired) electrons. The number of sulfonamides is 1. The number of carbonyl (C=O) groups is 1. The number of amides is 1. The Morgan fingerprint density at radius 3 is 2.54 bits per heavy atom. The van der Waals surface area contributed by atoms with E-state index in [0.29, 0.717) is 11.5 Å². The summed E-state index contributed by atoms with van der Waals surface area (Å²) in [7, 11) is -1.80. The lowest BCUT2D eigenvalue weighted by Gasteiger charge is -2.12. The molecule has 0 spiro atoms. The van der Waals surface area contributed by atoms with Crippen LogP contribution in [0, 0.1) is 0 Å². The van der Waals surface area contributed by atoms with Gasteiger partial charge in [0, 0.05) is 17.6 Å². The molecule has 6 nitrogen and oxygen atoms in total. The number of furan rings is 1. The maximum absolute atomic E-state index is 12.0. The molecule has 1 aromatic heterocycles. The van der Waals surface area contributed by atoms with Crippen molar-refractivity contribution in [1.82, 2.24) is 9.62 Å². The fraction of sp³-hybridized carbons (Fsp3) is 0.278. The lowest BCUT2D eigenvalue weighted by atomic mass is 10.1. The Hall–Kier alpha value is -1.90. The zero-order chi connectivity index (χ0) is 19.3. The van der Waals surface area contributed by atoms with E-state index in [1.165, 1.54) is 17.4 Å². The van der Waals surface area contributed by atoms with Crippen LogP contribution in [0.15, 0.2) is 51.4 Å². The summed E-state index contributed by atoms with van der Waals surface area (Å²) < 4.78 is 30.5. The smallest absolute Gasteiger partial charge is 0.244 e. The average molecular weight is 441 g/mol. The molecule has 0 saturated carbocycles. The number of nitrogens with one attached hydrogen (secondary N) is 1. The lowest BCUT2D eigenvalue weighted by Crippen LogP contribution is -2.24. The van der Waals surface area contributed by atoms with E-state index in [2.05, 4.69) is 21.2 Å². The summed E-state index contributed by atoms with van der Waals surface area (Å²) in [5.74, 6) is 0.737. The Morgan fingerprint density at radius 2 is 1.92 bits per heavy atom. The first-order valence-corrected chi connectivity index (χ1v) is 10.5. The molecule has 2 aromatic rings. The van der Waals surface area contributed by atoms with E-state index in [9.17, 15) is 13.2 Å². The molecule has 1 heterocycles. The molecule has 0 aliphatic rings. The van der Waals surface area contributed by atoms with Gasteiger partial charge in [-0.2, -0.15) is 4.31 Å². The predicted octanol–water partition coefficient (Wildman–Crippen LogP) is 3.32. The van der Waals surface area contributed by atoms with Crippen LogP contribution in [-0.2, 0) is 21.4 Å². The van der Waals surface area contributed by atoms with Crippen LogP contribution >= 0.6 is 15.9 Å². The average Bonchev–Trinajstić information content (AvgIpc) is 3.00. The molecule has 1 atom stereocenters. The number of hydrogen-bond donors (Lipinski definition) is 1. The Kier molecular flexibility index (Phi) is 6.80. The molecule has 1 amide bonds. The van der Waals surface area contributed by atoms with Crippen molar-refractivity contribution in [2.24, 2.45) is 0 Å². The Labute approximate surface area is 162 Å². The molecule has 0 fully saturated rings. The highest BCUT2D eigenvalue weighted by Gasteiger charge is 2.13. The van der Waals surface area contributed by atoms with Crippen LogP contribution in [0.1, 0.15) is 30.0 Å². The third-order valence-corrected chi connectivity index (χ3v) is 5.54. The first-order chi connectivity index (χ1) is 12.1. The first-order valence-electron chi connectivity index (χ1n) is 7.89. The third kappa shape index (κ3) is 6.12. The van der Waals surface area contributed by atoms with Gasteiger partial charge in [-0.15, -0.1) is 0 Å². The largest absolute Gasteiger partial charge is 0.460 e. The number of hydrogen-bond acceptors (Lipinski definition) is 4. The number of nitrogens with zero attached hydrogens (tertiary/aromatic N) is 1. The summed E-state index contributed by atoms with van der Waals surface area (Å²) in [4.78, 5) is 12.0. The van der Waals surface area contributed by atoms with Gasteiger partial charge in [-0.05, 0) is 42.8 Å². The van der Waals surface area contributed by atoms with Gasteiger partial charge in [0.25, 0.3) is 0 Å². The molecule has 8 heteroatoms. The van der Waals surface area contributed by atoms with Crippen molar-refractivity contribution in [2.45, 2.75) is 19.5 Å². The van der Waals surface area contributed by atoms with Crippen LogP contribution in [0.5, 0.6) is 0 Å². The second kappa shape index (κ2) is 8.66. The van der Waals surface area contributed by atoms with Crippen molar-refractivity contribution in [2.75, 3.05) is 13.3 Å². The minimum absolute atomic E-state index is 0.129. The van der Waals surface area contributed by atoms with Gasteiger partial charge in [-0.25, -0.2) is 8.42 Å². The fourth-order valence-electron chi connectivity index (χ4n) is 2.16. The molecule has 1 aromatic carbocycles. The van der Waals surface area contributed by atoms with Gasteiger partial charge in [0.15, 0.2) is 0 Å². The first kappa shape index (κ1) is 20.4. The molecule has 140 valence electrons. The number of halogens is 1. The summed E-state index contributed by atoms with van der Waals surface area (Å²) in [6, 6.07) is 11.0. The van der Waals surface area contributed by atoms with Crippen molar-refractivity contribution in [3.63, 3.8) is 0 Å². The maximum atomic E-state index is 12.0. The van der Waals surface area contributed by atoms with Crippen LogP contribution in [0.3, 0.4) is 0 Å². The number of rotatable bonds is 7. The second-order valence-electron chi connectivity index (χ2n) is 5.94. The van der Waals surface area contributed by atoms with E-state index in [1.54, 1.807) is 18.2 Å². The Balaban J connectivity index is 1.93. The fourth-order valence-corrected chi connectivity index (χ4v) is 2.79. The number of carbonyl (C=O) groups excluding carboxylic acids is 1. The maximum Gasteiger partial charge on any atom is 0.244 e. The number of benzene rings is 1. The predicted molar refractivity (Wildman–Crippen MR) is 105 cm³/mol. The topological polar surface area (TPSA) is 79.6 Å². The summed E-state index contributed by atoms with van der Waals surface area (Å²) >= 11 is 3.38. The third-order valence-electron chi connectivity index (χ3n) is 3.75. The summed E-state index contributed by atoms with van der Waals surface area (Å²) in [6.45, 7) is 2.04. The molecule has 2 rings (SSSR count). The van der Waals surface area contributed by atoms with Gasteiger partial charge in [0.05, 0.1) is 18.8 Å². The zero-order valence-electron chi connectivity index (χ0n) is 14.8. The van der Waals surface area contributed by atoms with Crippen molar-refractivity contribution < 1.29 is 17.6 Å². The van der Waals surface area contributed by atoms with Gasteiger partial charge >= 0.3 is 0 Å². The summed E-state index contributed by atoms with van der Waals surface area (Å²) in [5, 5.41) is 2.87. The van der Waals surface area contributed by atoms with E-state index in [1.807, 2.05) is 31.2 Å².